The molecule has 0 radical (unpaired) electrons. The van der Waals surface area contributed by atoms with Gasteiger partial charge < -0.3 is 24.2 Å². The second-order valence-electron chi connectivity index (χ2n) is 7.86. The Morgan fingerprint density at radius 2 is 1.75 bits per heavy atom. The van der Waals surface area contributed by atoms with Crippen molar-refractivity contribution in [3.63, 3.8) is 0 Å². The number of imide groups is 1. The molecule has 0 spiro atoms. The molecule has 0 saturated carbocycles. The van der Waals surface area contributed by atoms with Crippen LogP contribution in [-0.2, 0) is 25.6 Å². The third-order valence-electron chi connectivity index (χ3n) is 5.65. The molecule has 1 aliphatic heterocycles. The van der Waals surface area contributed by atoms with Crippen LogP contribution in [0.2, 0.25) is 0 Å². The molecule has 0 bridgehead atoms. The summed E-state index contributed by atoms with van der Waals surface area (Å²) < 4.78 is 16.0. The number of carboxylic acid groups (broad SMARTS) is 1. The highest BCUT2D eigenvalue weighted by Gasteiger charge is 2.44. The zero-order chi connectivity index (χ0) is 26.2. The summed E-state index contributed by atoms with van der Waals surface area (Å²) in [5, 5.41) is 8.95. The molecular weight excluding hydrogens is 468 g/mol. The van der Waals surface area contributed by atoms with Crippen molar-refractivity contribution in [3.8, 4) is 17.2 Å². The number of nitrogens with zero attached hydrogens (tertiary/aromatic N) is 2. The van der Waals surface area contributed by atoms with E-state index in [4.69, 9.17) is 19.3 Å². The standard InChI is InChI=1S/C26H28N2O8/c1-4-36-19-8-6-18(7-9-19)28-24(30)16-20(26(28)33)27(23(29)11-12-25(31)32)14-13-17-5-10-21(34-2)22(15-17)35-3/h5-12,15,20H,4,13-14,16H2,1-3H3,(H,31,32)/b12-11+/t20-/m1/s1. The second kappa shape index (κ2) is 11.9. The average Bonchev–Trinajstić information content (AvgIpc) is 3.16. The van der Waals surface area contributed by atoms with Crippen LogP contribution in [0.1, 0.15) is 18.9 Å². The highest BCUT2D eigenvalue weighted by atomic mass is 16.5. The number of carboxylic acids is 1. The number of aliphatic carboxylic acids is 1. The molecule has 1 saturated heterocycles. The van der Waals surface area contributed by atoms with Gasteiger partial charge in [-0.3, -0.25) is 14.4 Å². The van der Waals surface area contributed by atoms with Gasteiger partial charge in [0.25, 0.3) is 5.91 Å². The summed E-state index contributed by atoms with van der Waals surface area (Å²) in [7, 11) is 3.03. The van der Waals surface area contributed by atoms with E-state index in [0.29, 0.717) is 42.0 Å². The number of ether oxygens (including phenoxy) is 3. The van der Waals surface area contributed by atoms with Crippen molar-refractivity contribution in [1.29, 1.82) is 0 Å². The quantitative estimate of drug-likeness (QED) is 0.372. The molecule has 1 fully saturated rings. The van der Waals surface area contributed by atoms with Gasteiger partial charge >= 0.3 is 5.97 Å². The van der Waals surface area contributed by atoms with Crippen LogP contribution in [0.3, 0.4) is 0 Å². The highest BCUT2D eigenvalue weighted by Crippen LogP contribution is 2.30. The first-order valence-corrected chi connectivity index (χ1v) is 11.3. The Hall–Kier alpha value is -4.34. The fourth-order valence-electron chi connectivity index (χ4n) is 3.93. The number of rotatable bonds is 11. The van der Waals surface area contributed by atoms with Gasteiger partial charge in [0.15, 0.2) is 11.5 Å². The number of carbonyl (C=O) groups excluding carboxylic acids is 3. The molecule has 190 valence electrons. The molecule has 10 heteroatoms. The Kier molecular flexibility index (Phi) is 8.66. The van der Waals surface area contributed by atoms with Crippen molar-refractivity contribution in [2.75, 3.05) is 32.3 Å². The van der Waals surface area contributed by atoms with Crippen LogP contribution >= 0.6 is 0 Å². The molecule has 0 aromatic heterocycles. The molecule has 3 rings (SSSR count). The number of methoxy groups -OCH3 is 2. The summed E-state index contributed by atoms with van der Waals surface area (Å²) >= 11 is 0. The van der Waals surface area contributed by atoms with Gasteiger partial charge in [0, 0.05) is 18.7 Å². The molecule has 1 heterocycles. The Morgan fingerprint density at radius 1 is 1.06 bits per heavy atom. The SMILES string of the molecule is CCOc1ccc(N2C(=O)C[C@@H](N(CCc3ccc(OC)c(OC)c3)C(=O)/C=C/C(=O)O)C2=O)cc1. The van der Waals surface area contributed by atoms with Crippen molar-refractivity contribution in [2.24, 2.45) is 0 Å². The van der Waals surface area contributed by atoms with E-state index in [1.165, 1.54) is 19.1 Å². The highest BCUT2D eigenvalue weighted by molar-refractivity contribution is 6.23. The number of carbonyl (C=O) groups is 4. The van der Waals surface area contributed by atoms with Crippen LogP contribution in [0.15, 0.2) is 54.6 Å². The topological polar surface area (TPSA) is 123 Å². The van der Waals surface area contributed by atoms with E-state index >= 15 is 0 Å². The smallest absolute Gasteiger partial charge is 0.328 e. The number of anilines is 1. The van der Waals surface area contributed by atoms with E-state index in [2.05, 4.69) is 0 Å². The lowest BCUT2D eigenvalue weighted by molar-refractivity contribution is -0.135. The Labute approximate surface area is 208 Å². The third-order valence-corrected chi connectivity index (χ3v) is 5.65. The van der Waals surface area contributed by atoms with E-state index in [1.807, 2.05) is 6.92 Å². The van der Waals surface area contributed by atoms with Crippen molar-refractivity contribution in [3.05, 3.63) is 60.2 Å². The maximum Gasteiger partial charge on any atom is 0.328 e. The van der Waals surface area contributed by atoms with E-state index in [0.717, 1.165) is 16.5 Å². The van der Waals surface area contributed by atoms with Gasteiger partial charge in [-0.25, -0.2) is 9.69 Å². The monoisotopic (exact) mass is 496 g/mol. The molecule has 2 aromatic rings. The zero-order valence-electron chi connectivity index (χ0n) is 20.3. The average molecular weight is 497 g/mol. The molecule has 36 heavy (non-hydrogen) atoms. The molecule has 0 unspecified atom stereocenters. The minimum absolute atomic E-state index is 0.0685. The lowest BCUT2D eigenvalue weighted by atomic mass is 10.1. The van der Waals surface area contributed by atoms with Gasteiger partial charge in [0.05, 0.1) is 32.9 Å². The Morgan fingerprint density at radius 3 is 2.36 bits per heavy atom. The Balaban J connectivity index is 1.85. The maximum atomic E-state index is 13.3. The maximum absolute atomic E-state index is 13.3. The van der Waals surface area contributed by atoms with Crippen molar-refractivity contribution in [1.82, 2.24) is 4.90 Å². The fraction of sp³-hybridized carbons (Fsp3) is 0.308. The normalized spacial score (nSPS) is 15.3. The lowest BCUT2D eigenvalue weighted by Gasteiger charge is -2.27. The van der Waals surface area contributed by atoms with Crippen LogP contribution in [0.4, 0.5) is 5.69 Å². The van der Waals surface area contributed by atoms with Gasteiger partial charge in [0.2, 0.25) is 11.8 Å². The van der Waals surface area contributed by atoms with E-state index in [-0.39, 0.29) is 13.0 Å². The van der Waals surface area contributed by atoms with Crippen molar-refractivity contribution < 1.29 is 38.5 Å². The first-order valence-electron chi connectivity index (χ1n) is 11.3. The summed E-state index contributed by atoms with van der Waals surface area (Å²) in [6.45, 7) is 2.39. The predicted molar refractivity (Wildman–Crippen MR) is 130 cm³/mol. The predicted octanol–water partition coefficient (Wildman–Crippen LogP) is 2.45. The number of benzene rings is 2. The number of hydrogen-bond donors (Lipinski definition) is 1. The van der Waals surface area contributed by atoms with Crippen LogP contribution in [0, 0.1) is 0 Å². The van der Waals surface area contributed by atoms with E-state index in [9.17, 15) is 19.2 Å². The minimum atomic E-state index is -1.30. The van der Waals surface area contributed by atoms with Gasteiger partial charge in [-0.2, -0.15) is 0 Å². The minimum Gasteiger partial charge on any atom is -0.494 e. The molecule has 10 nitrogen and oxygen atoms in total. The fourth-order valence-corrected chi connectivity index (χ4v) is 3.93. The Bertz CT molecular complexity index is 1160. The summed E-state index contributed by atoms with van der Waals surface area (Å²) in [6.07, 6.45) is 1.70. The molecular formula is C26H28N2O8. The van der Waals surface area contributed by atoms with Gasteiger partial charge in [-0.15, -0.1) is 0 Å². The number of hydrogen-bond acceptors (Lipinski definition) is 7. The lowest BCUT2D eigenvalue weighted by Crippen LogP contribution is -2.46. The molecule has 0 aliphatic carbocycles. The third kappa shape index (κ3) is 6.01. The molecule has 3 amide bonds. The summed E-state index contributed by atoms with van der Waals surface area (Å²) in [5.41, 5.74) is 1.16. The summed E-state index contributed by atoms with van der Waals surface area (Å²) in [5.74, 6) is -1.35. The van der Waals surface area contributed by atoms with Crippen LogP contribution in [0.25, 0.3) is 0 Å². The largest absolute Gasteiger partial charge is 0.494 e. The van der Waals surface area contributed by atoms with Crippen LogP contribution < -0.4 is 19.1 Å². The molecule has 1 aliphatic rings. The van der Waals surface area contributed by atoms with E-state index in [1.54, 1.807) is 42.5 Å². The van der Waals surface area contributed by atoms with Gasteiger partial charge in [-0.1, -0.05) is 6.07 Å². The van der Waals surface area contributed by atoms with Crippen LogP contribution in [0.5, 0.6) is 17.2 Å². The summed E-state index contributed by atoms with van der Waals surface area (Å²) in [6, 6.07) is 10.7. The molecule has 1 atom stereocenters. The van der Waals surface area contributed by atoms with Gasteiger partial charge in [0.1, 0.15) is 11.8 Å². The number of amides is 3. The van der Waals surface area contributed by atoms with E-state index < -0.39 is 29.7 Å². The van der Waals surface area contributed by atoms with Crippen molar-refractivity contribution >= 4 is 29.4 Å². The molecule has 1 N–H and O–H groups in total. The molecule has 2 aromatic carbocycles. The summed E-state index contributed by atoms with van der Waals surface area (Å²) in [4.78, 5) is 52.3. The zero-order valence-corrected chi connectivity index (χ0v) is 20.3. The van der Waals surface area contributed by atoms with Crippen LogP contribution in [-0.4, -0.2) is 67.1 Å². The second-order valence-corrected chi connectivity index (χ2v) is 7.86. The first kappa shape index (κ1) is 26.3. The van der Waals surface area contributed by atoms with Crippen molar-refractivity contribution in [2.45, 2.75) is 25.8 Å². The first-order chi connectivity index (χ1) is 17.3. The van der Waals surface area contributed by atoms with Gasteiger partial charge in [-0.05, 0) is 55.3 Å².